The number of hydrogen-bond acceptors (Lipinski definition) is 9. The van der Waals surface area contributed by atoms with E-state index in [0.717, 1.165) is 0 Å². The molecule has 1 aliphatic rings. The summed E-state index contributed by atoms with van der Waals surface area (Å²) < 4.78 is 26.7. The molecule has 0 aliphatic carbocycles. The van der Waals surface area contributed by atoms with Crippen LogP contribution < -0.4 is 35.0 Å². The molecule has 12 nitrogen and oxygen atoms in total. The van der Waals surface area contributed by atoms with Crippen molar-refractivity contribution in [2.45, 2.75) is 19.9 Å². The van der Waals surface area contributed by atoms with Crippen LogP contribution in [-0.2, 0) is 14.3 Å². The lowest BCUT2D eigenvalue weighted by molar-refractivity contribution is -0.136. The number of nitrogens with one attached hydrogen (secondary N) is 3. The van der Waals surface area contributed by atoms with Gasteiger partial charge in [0.1, 0.15) is 0 Å². The number of urea groups is 1. The summed E-state index contributed by atoms with van der Waals surface area (Å²) in [5, 5.41) is 9.21. The standard InChI is InChI=1S/C26H30N4O8/c1-6-37-18-9-7-16(11-20(18)34-3)13-27-30-22(31)14-38-19-10-8-17(12-21(19)35-4)24-23(25(32)36-5)15(2)28-26(33)29-24/h7-13,24H,6,14H2,1-5H3,(H,30,31)(H2,28,29,33)/b27-13-/t24-/m0/s1. The predicted molar refractivity (Wildman–Crippen MR) is 138 cm³/mol. The molecule has 0 bridgehead atoms. The fourth-order valence-corrected chi connectivity index (χ4v) is 3.70. The third-order valence-corrected chi connectivity index (χ3v) is 5.44. The Hall–Kier alpha value is -4.74. The molecule has 0 fully saturated rings. The minimum absolute atomic E-state index is 0.255. The zero-order chi connectivity index (χ0) is 27.7. The van der Waals surface area contributed by atoms with Crippen LogP contribution in [0.4, 0.5) is 4.79 Å². The van der Waals surface area contributed by atoms with Crippen LogP contribution in [0.5, 0.6) is 23.0 Å². The monoisotopic (exact) mass is 526 g/mol. The van der Waals surface area contributed by atoms with Gasteiger partial charge in [-0.25, -0.2) is 15.0 Å². The normalized spacial score (nSPS) is 14.9. The van der Waals surface area contributed by atoms with Crippen molar-refractivity contribution < 1.29 is 38.1 Å². The number of hydrazone groups is 1. The molecular formula is C26H30N4O8. The van der Waals surface area contributed by atoms with Gasteiger partial charge in [0.15, 0.2) is 29.6 Å². The van der Waals surface area contributed by atoms with E-state index in [9.17, 15) is 14.4 Å². The van der Waals surface area contributed by atoms with E-state index in [4.69, 9.17) is 23.7 Å². The second kappa shape index (κ2) is 13.0. The average Bonchev–Trinajstić information content (AvgIpc) is 2.91. The molecule has 0 radical (unpaired) electrons. The van der Waals surface area contributed by atoms with E-state index >= 15 is 0 Å². The number of carbonyl (C=O) groups is 3. The molecule has 2 aromatic carbocycles. The predicted octanol–water partition coefficient (Wildman–Crippen LogP) is 2.43. The molecule has 1 atom stereocenters. The van der Waals surface area contributed by atoms with Crippen LogP contribution in [0.3, 0.4) is 0 Å². The van der Waals surface area contributed by atoms with Crippen LogP contribution in [0, 0.1) is 0 Å². The molecule has 0 saturated heterocycles. The molecule has 1 heterocycles. The maximum atomic E-state index is 12.3. The molecule has 1 aliphatic heterocycles. The largest absolute Gasteiger partial charge is 0.493 e. The van der Waals surface area contributed by atoms with Crippen LogP contribution in [0.1, 0.15) is 31.0 Å². The number of carbonyl (C=O) groups excluding carboxylic acids is 3. The van der Waals surface area contributed by atoms with Crippen molar-refractivity contribution in [2.24, 2.45) is 5.10 Å². The highest BCUT2D eigenvalue weighted by Gasteiger charge is 2.32. The summed E-state index contributed by atoms with van der Waals surface area (Å²) >= 11 is 0. The Kier molecular flexibility index (Phi) is 9.52. The van der Waals surface area contributed by atoms with Crippen LogP contribution >= 0.6 is 0 Å². The maximum Gasteiger partial charge on any atom is 0.337 e. The third-order valence-electron chi connectivity index (χ3n) is 5.44. The highest BCUT2D eigenvalue weighted by molar-refractivity contribution is 5.95. The maximum absolute atomic E-state index is 12.3. The summed E-state index contributed by atoms with van der Waals surface area (Å²) in [6, 6.07) is 8.88. The number of rotatable bonds is 11. The highest BCUT2D eigenvalue weighted by atomic mass is 16.5. The van der Waals surface area contributed by atoms with E-state index in [1.165, 1.54) is 27.5 Å². The minimum atomic E-state index is -0.766. The van der Waals surface area contributed by atoms with E-state index in [2.05, 4.69) is 21.2 Å². The Labute approximate surface area is 219 Å². The van der Waals surface area contributed by atoms with E-state index in [1.54, 1.807) is 43.3 Å². The van der Waals surface area contributed by atoms with Crippen molar-refractivity contribution >= 4 is 24.1 Å². The van der Waals surface area contributed by atoms with Crippen LogP contribution in [0.2, 0.25) is 0 Å². The van der Waals surface area contributed by atoms with Gasteiger partial charge in [0.2, 0.25) is 0 Å². The molecule has 0 spiro atoms. The third kappa shape index (κ3) is 6.72. The van der Waals surface area contributed by atoms with Crippen LogP contribution in [0.15, 0.2) is 52.8 Å². The molecule has 0 aromatic heterocycles. The van der Waals surface area contributed by atoms with Gasteiger partial charge >= 0.3 is 12.0 Å². The SMILES string of the molecule is CCOc1ccc(/C=N\NC(=O)COc2ccc([C@@H]3NC(=O)NC(C)=C3C(=O)OC)cc2OC)cc1OC. The van der Waals surface area contributed by atoms with Gasteiger partial charge in [0, 0.05) is 5.70 Å². The first-order chi connectivity index (χ1) is 18.3. The Morgan fingerprint density at radius 3 is 2.37 bits per heavy atom. The van der Waals surface area contributed by atoms with Crippen molar-refractivity contribution in [1.29, 1.82) is 0 Å². The van der Waals surface area contributed by atoms with Gasteiger partial charge in [0.25, 0.3) is 5.91 Å². The number of allylic oxidation sites excluding steroid dienone is 1. The van der Waals surface area contributed by atoms with Gasteiger partial charge < -0.3 is 34.3 Å². The van der Waals surface area contributed by atoms with Crippen molar-refractivity contribution in [2.75, 3.05) is 34.5 Å². The molecule has 3 N–H and O–H groups in total. The molecule has 2 aromatic rings. The van der Waals surface area contributed by atoms with Crippen LogP contribution in [-0.4, -0.2) is 58.7 Å². The molecule has 3 amide bonds. The number of benzene rings is 2. The highest BCUT2D eigenvalue weighted by Crippen LogP contribution is 2.34. The van der Waals surface area contributed by atoms with E-state index in [1.807, 2.05) is 6.92 Å². The lowest BCUT2D eigenvalue weighted by Gasteiger charge is -2.28. The van der Waals surface area contributed by atoms with Gasteiger partial charge in [-0.2, -0.15) is 5.10 Å². The molecule has 0 unspecified atom stereocenters. The number of esters is 1. The summed E-state index contributed by atoms with van der Waals surface area (Å²) in [5.41, 5.74) is 4.29. The van der Waals surface area contributed by atoms with E-state index < -0.39 is 23.9 Å². The fourth-order valence-electron chi connectivity index (χ4n) is 3.70. The molecular weight excluding hydrogens is 496 g/mol. The van der Waals surface area contributed by atoms with Crippen molar-refractivity contribution in [3.8, 4) is 23.0 Å². The smallest absolute Gasteiger partial charge is 0.337 e. The van der Waals surface area contributed by atoms with Gasteiger partial charge in [-0.15, -0.1) is 0 Å². The van der Waals surface area contributed by atoms with Crippen molar-refractivity contribution in [1.82, 2.24) is 16.1 Å². The first-order valence-electron chi connectivity index (χ1n) is 11.6. The van der Waals surface area contributed by atoms with Crippen molar-refractivity contribution in [3.05, 3.63) is 58.8 Å². The Morgan fingerprint density at radius 1 is 1.00 bits per heavy atom. The number of amides is 3. The van der Waals surface area contributed by atoms with E-state index in [-0.39, 0.29) is 17.9 Å². The summed E-state index contributed by atoms with van der Waals surface area (Å²) in [4.78, 5) is 36.6. The number of methoxy groups -OCH3 is 3. The van der Waals surface area contributed by atoms with Gasteiger partial charge in [-0.3, -0.25) is 4.79 Å². The van der Waals surface area contributed by atoms with Crippen LogP contribution in [0.25, 0.3) is 0 Å². The first-order valence-corrected chi connectivity index (χ1v) is 11.6. The second-order valence-corrected chi connectivity index (χ2v) is 7.90. The minimum Gasteiger partial charge on any atom is -0.493 e. The molecule has 202 valence electrons. The Bertz CT molecular complexity index is 1260. The summed E-state index contributed by atoms with van der Waals surface area (Å²) in [5.74, 6) is 0.666. The van der Waals surface area contributed by atoms with E-state index in [0.29, 0.717) is 40.7 Å². The second-order valence-electron chi connectivity index (χ2n) is 7.90. The first kappa shape index (κ1) is 27.8. The molecule has 3 rings (SSSR count). The summed E-state index contributed by atoms with van der Waals surface area (Å²) in [6.45, 7) is 3.66. The average molecular weight is 527 g/mol. The quantitative estimate of drug-likeness (QED) is 0.230. The molecule has 0 saturated carbocycles. The Balaban J connectivity index is 1.65. The summed E-state index contributed by atoms with van der Waals surface area (Å²) in [7, 11) is 4.24. The lowest BCUT2D eigenvalue weighted by atomic mass is 9.95. The van der Waals surface area contributed by atoms with Crippen molar-refractivity contribution in [3.63, 3.8) is 0 Å². The van der Waals surface area contributed by atoms with Gasteiger partial charge in [-0.1, -0.05) is 6.07 Å². The number of hydrogen-bond donors (Lipinski definition) is 3. The van der Waals surface area contributed by atoms with Gasteiger partial charge in [0.05, 0.1) is 45.8 Å². The number of ether oxygens (including phenoxy) is 5. The zero-order valence-electron chi connectivity index (χ0n) is 21.7. The lowest BCUT2D eigenvalue weighted by Crippen LogP contribution is -2.45. The van der Waals surface area contributed by atoms with Gasteiger partial charge in [-0.05, 0) is 55.3 Å². The Morgan fingerprint density at radius 2 is 1.68 bits per heavy atom. The summed E-state index contributed by atoms with van der Waals surface area (Å²) in [6.07, 6.45) is 1.47. The topological polar surface area (TPSA) is 146 Å². The molecule has 12 heteroatoms. The fraction of sp³-hybridized carbons (Fsp3) is 0.308. The molecule has 38 heavy (non-hydrogen) atoms. The zero-order valence-corrected chi connectivity index (χ0v) is 21.7. The number of nitrogens with zero attached hydrogens (tertiary/aromatic N) is 1.